The van der Waals surface area contributed by atoms with Crippen molar-refractivity contribution in [3.05, 3.63) is 46.2 Å². The summed E-state index contributed by atoms with van der Waals surface area (Å²) in [7, 11) is 0. The maximum Gasteiger partial charge on any atom is 0.411 e. The molecule has 0 saturated heterocycles. The third kappa shape index (κ3) is 3.83. The van der Waals surface area contributed by atoms with Crippen LogP contribution in [0.5, 0.6) is 0 Å². The highest BCUT2D eigenvalue weighted by Crippen LogP contribution is 2.15. The molecule has 0 fully saturated rings. The summed E-state index contributed by atoms with van der Waals surface area (Å²) in [6.45, 7) is -1.40. The molecule has 7 heteroatoms. The van der Waals surface area contributed by atoms with Crippen LogP contribution in [0, 0.1) is 0 Å². The molecule has 2 N–H and O–H groups in total. The highest BCUT2D eigenvalue weighted by atomic mass is 19.4. The number of nitrogens with zero attached hydrogens (tertiary/aromatic N) is 1. The molecule has 2 rings (SSSR count). The van der Waals surface area contributed by atoms with Crippen LogP contribution >= 0.6 is 0 Å². The number of rotatable bonds is 5. The second-order valence-electron chi connectivity index (χ2n) is 4.56. The van der Waals surface area contributed by atoms with Gasteiger partial charge in [0.1, 0.15) is 6.61 Å². The molecule has 1 aromatic carbocycles. The quantitative estimate of drug-likeness (QED) is 0.860. The van der Waals surface area contributed by atoms with Gasteiger partial charge in [0.2, 0.25) is 0 Å². The largest absolute Gasteiger partial charge is 0.411 e. The van der Waals surface area contributed by atoms with E-state index in [9.17, 15) is 18.0 Å². The van der Waals surface area contributed by atoms with E-state index in [1.165, 1.54) is 4.57 Å². The van der Waals surface area contributed by atoms with Gasteiger partial charge in [0.05, 0.1) is 12.1 Å². The lowest BCUT2D eigenvalue weighted by atomic mass is 10.1. The van der Waals surface area contributed by atoms with Crippen molar-refractivity contribution >= 4 is 10.9 Å². The van der Waals surface area contributed by atoms with Crippen molar-refractivity contribution in [2.24, 2.45) is 5.73 Å². The van der Waals surface area contributed by atoms with Crippen LogP contribution in [0.15, 0.2) is 35.1 Å². The molecule has 0 aliphatic rings. The number of hydrogen-bond donors (Lipinski definition) is 1. The van der Waals surface area contributed by atoms with Crippen LogP contribution in [0.4, 0.5) is 13.2 Å². The lowest BCUT2D eigenvalue weighted by molar-refractivity contribution is -0.174. The number of pyridine rings is 1. The van der Waals surface area contributed by atoms with E-state index in [4.69, 9.17) is 5.73 Å². The van der Waals surface area contributed by atoms with E-state index in [1.807, 2.05) is 12.1 Å². The normalized spacial score (nSPS) is 12.0. The zero-order chi connectivity index (χ0) is 15.5. The third-order valence-electron chi connectivity index (χ3n) is 3.02. The van der Waals surface area contributed by atoms with E-state index < -0.39 is 12.8 Å². The summed E-state index contributed by atoms with van der Waals surface area (Å²) in [5, 5.41) is 0.813. The number of aromatic nitrogens is 1. The van der Waals surface area contributed by atoms with Crippen molar-refractivity contribution in [2.75, 3.05) is 13.2 Å². The minimum Gasteiger partial charge on any atom is -0.370 e. The Kier molecular flexibility index (Phi) is 4.64. The number of fused-ring (bicyclic) bond motifs is 1. The number of halogens is 3. The summed E-state index contributed by atoms with van der Waals surface area (Å²) in [4.78, 5) is 12.2. The van der Waals surface area contributed by atoms with Crippen LogP contribution in [0.2, 0.25) is 0 Å². The van der Waals surface area contributed by atoms with Gasteiger partial charge in [-0.3, -0.25) is 4.79 Å². The Morgan fingerprint density at radius 1 is 1.24 bits per heavy atom. The summed E-state index contributed by atoms with van der Waals surface area (Å²) < 4.78 is 42.0. The van der Waals surface area contributed by atoms with Crippen molar-refractivity contribution in [1.29, 1.82) is 0 Å². The Morgan fingerprint density at radius 2 is 1.95 bits per heavy atom. The molecular weight excluding hydrogens is 285 g/mol. The average Bonchev–Trinajstić information content (AvgIpc) is 2.43. The standard InChI is InChI=1S/C14H15F3N2O2/c15-14(16,17)9-21-6-5-19-12-4-2-1-3-10(12)7-11(8-18)13(19)20/h1-4,7H,5-6,8-9,18H2. The zero-order valence-electron chi connectivity index (χ0n) is 11.2. The summed E-state index contributed by atoms with van der Waals surface area (Å²) in [5.41, 5.74) is 6.30. The number of hydrogen-bond acceptors (Lipinski definition) is 3. The van der Waals surface area contributed by atoms with E-state index in [1.54, 1.807) is 18.2 Å². The molecule has 0 atom stereocenters. The first-order valence-electron chi connectivity index (χ1n) is 6.38. The first-order chi connectivity index (χ1) is 9.92. The minimum absolute atomic E-state index is 0.0449. The molecular formula is C14H15F3N2O2. The summed E-state index contributed by atoms with van der Waals surface area (Å²) in [6, 6.07) is 8.83. The highest BCUT2D eigenvalue weighted by Gasteiger charge is 2.27. The number of para-hydroxylation sites is 1. The first-order valence-corrected chi connectivity index (χ1v) is 6.38. The lowest BCUT2D eigenvalue weighted by Crippen LogP contribution is -2.28. The Hall–Kier alpha value is -1.86. The van der Waals surface area contributed by atoms with Gasteiger partial charge in [0.15, 0.2) is 0 Å². The zero-order valence-corrected chi connectivity index (χ0v) is 11.2. The van der Waals surface area contributed by atoms with Crippen molar-refractivity contribution in [2.45, 2.75) is 19.3 Å². The van der Waals surface area contributed by atoms with Gasteiger partial charge >= 0.3 is 6.18 Å². The van der Waals surface area contributed by atoms with Gasteiger partial charge in [0.25, 0.3) is 5.56 Å². The number of nitrogens with two attached hydrogens (primary N) is 1. The van der Waals surface area contributed by atoms with Crippen molar-refractivity contribution in [3.63, 3.8) is 0 Å². The first kappa shape index (κ1) is 15.5. The van der Waals surface area contributed by atoms with Gasteiger partial charge in [0, 0.05) is 18.7 Å². The second kappa shape index (κ2) is 6.28. The van der Waals surface area contributed by atoms with Crippen molar-refractivity contribution in [3.8, 4) is 0 Å². The van der Waals surface area contributed by atoms with Gasteiger partial charge in [-0.2, -0.15) is 13.2 Å². The predicted molar refractivity (Wildman–Crippen MR) is 73.0 cm³/mol. The molecule has 0 aliphatic carbocycles. The smallest absolute Gasteiger partial charge is 0.370 e. The van der Waals surface area contributed by atoms with Crippen molar-refractivity contribution < 1.29 is 17.9 Å². The van der Waals surface area contributed by atoms with E-state index in [2.05, 4.69) is 4.74 Å². The maximum atomic E-state index is 12.2. The molecule has 0 amide bonds. The van der Waals surface area contributed by atoms with E-state index in [0.29, 0.717) is 11.1 Å². The maximum absolute atomic E-state index is 12.2. The molecule has 4 nitrogen and oxygen atoms in total. The van der Waals surface area contributed by atoms with Crippen LogP contribution in [0.25, 0.3) is 10.9 Å². The Labute approximate surface area is 118 Å². The van der Waals surface area contributed by atoms with Gasteiger partial charge in [-0.15, -0.1) is 0 Å². The molecule has 0 aliphatic heterocycles. The molecule has 1 heterocycles. The number of ether oxygens (including phenoxy) is 1. The topological polar surface area (TPSA) is 57.2 Å². The fraction of sp³-hybridized carbons (Fsp3) is 0.357. The molecule has 2 aromatic rings. The molecule has 1 aromatic heterocycles. The van der Waals surface area contributed by atoms with Crippen LogP contribution in [0.3, 0.4) is 0 Å². The Morgan fingerprint density at radius 3 is 2.62 bits per heavy atom. The highest BCUT2D eigenvalue weighted by molar-refractivity contribution is 5.79. The van der Waals surface area contributed by atoms with E-state index >= 15 is 0 Å². The molecule has 0 unspecified atom stereocenters. The van der Waals surface area contributed by atoms with Gasteiger partial charge in [-0.05, 0) is 17.5 Å². The van der Waals surface area contributed by atoms with Gasteiger partial charge in [-0.25, -0.2) is 0 Å². The van der Waals surface area contributed by atoms with Gasteiger partial charge < -0.3 is 15.0 Å². The third-order valence-corrected chi connectivity index (χ3v) is 3.02. The number of benzene rings is 1. The van der Waals surface area contributed by atoms with Gasteiger partial charge in [-0.1, -0.05) is 18.2 Å². The van der Waals surface area contributed by atoms with E-state index in [0.717, 1.165) is 5.39 Å². The number of alkyl halides is 3. The van der Waals surface area contributed by atoms with E-state index in [-0.39, 0.29) is 25.3 Å². The summed E-state index contributed by atoms with van der Waals surface area (Å²) in [6.07, 6.45) is -4.37. The second-order valence-corrected chi connectivity index (χ2v) is 4.56. The fourth-order valence-electron chi connectivity index (χ4n) is 2.10. The fourth-order valence-corrected chi connectivity index (χ4v) is 2.10. The molecule has 21 heavy (non-hydrogen) atoms. The van der Waals surface area contributed by atoms with Crippen LogP contribution in [-0.2, 0) is 17.8 Å². The average molecular weight is 300 g/mol. The van der Waals surface area contributed by atoms with Crippen LogP contribution in [-0.4, -0.2) is 24.0 Å². The lowest BCUT2D eigenvalue weighted by Gasteiger charge is -2.13. The summed E-state index contributed by atoms with van der Waals surface area (Å²) >= 11 is 0. The summed E-state index contributed by atoms with van der Waals surface area (Å²) in [5.74, 6) is 0. The Bertz CT molecular complexity index is 680. The minimum atomic E-state index is -4.37. The monoisotopic (exact) mass is 300 g/mol. The SMILES string of the molecule is NCc1cc2ccccc2n(CCOCC(F)(F)F)c1=O. The predicted octanol–water partition coefficient (Wildman–Crippen LogP) is 2.04. The molecule has 114 valence electrons. The molecule has 0 saturated carbocycles. The van der Waals surface area contributed by atoms with Crippen LogP contribution < -0.4 is 11.3 Å². The molecule has 0 bridgehead atoms. The van der Waals surface area contributed by atoms with Crippen LogP contribution in [0.1, 0.15) is 5.56 Å². The molecule has 0 spiro atoms. The Balaban J connectivity index is 2.25. The van der Waals surface area contributed by atoms with Crippen molar-refractivity contribution in [1.82, 2.24) is 4.57 Å². The molecule has 0 radical (unpaired) electrons.